The Morgan fingerprint density at radius 1 is 1.45 bits per heavy atom. The number of nitrogens with zero attached hydrogens (tertiary/aromatic N) is 2. The predicted octanol–water partition coefficient (Wildman–Crippen LogP) is 2.10. The molecule has 118 valence electrons. The molecule has 0 saturated carbocycles. The zero-order valence-electron chi connectivity index (χ0n) is 11.8. The molecule has 1 N–H and O–H groups in total. The highest BCUT2D eigenvalue weighted by atomic mass is 79.9. The van der Waals surface area contributed by atoms with Crippen LogP contribution in [0.25, 0.3) is 11.0 Å². The summed E-state index contributed by atoms with van der Waals surface area (Å²) in [4.78, 5) is 20.2. The van der Waals surface area contributed by atoms with E-state index in [1.165, 1.54) is 7.11 Å². The molecule has 0 unspecified atom stereocenters. The van der Waals surface area contributed by atoms with Gasteiger partial charge < -0.3 is 14.8 Å². The first kappa shape index (κ1) is 16.9. The van der Waals surface area contributed by atoms with Gasteiger partial charge in [0.15, 0.2) is 0 Å². The first-order valence-electron chi connectivity index (χ1n) is 6.56. The summed E-state index contributed by atoms with van der Waals surface area (Å²) in [6.07, 6.45) is 2.16. The quantitative estimate of drug-likeness (QED) is 0.812. The van der Waals surface area contributed by atoms with Crippen LogP contribution in [0.3, 0.4) is 0 Å². The number of methoxy groups -OCH3 is 1. The number of halogens is 2. The number of hydrogen-bond donors (Lipinski definition) is 1. The van der Waals surface area contributed by atoms with Crippen molar-refractivity contribution in [3.63, 3.8) is 0 Å². The monoisotopic (exact) mass is 387 g/mol. The molecule has 0 aliphatic carbocycles. The van der Waals surface area contributed by atoms with Crippen LogP contribution in [-0.4, -0.2) is 41.7 Å². The fraction of sp³-hybridized carbons (Fsp3) is 0.357. The van der Waals surface area contributed by atoms with Crippen LogP contribution >= 0.6 is 28.3 Å². The first-order chi connectivity index (χ1) is 10.2. The molecule has 0 bridgehead atoms. The topological polar surface area (TPSA) is 73.3 Å². The summed E-state index contributed by atoms with van der Waals surface area (Å²) >= 11 is 3.44. The predicted molar refractivity (Wildman–Crippen MR) is 87.3 cm³/mol. The second-order valence-electron chi connectivity index (χ2n) is 4.78. The number of hydrogen-bond acceptors (Lipinski definition) is 6. The number of aromatic nitrogens is 2. The van der Waals surface area contributed by atoms with E-state index in [0.29, 0.717) is 18.8 Å². The smallest absolute Gasteiger partial charge is 0.323 e. The van der Waals surface area contributed by atoms with Gasteiger partial charge in [-0.2, -0.15) is 0 Å². The van der Waals surface area contributed by atoms with Crippen LogP contribution in [0.1, 0.15) is 6.42 Å². The summed E-state index contributed by atoms with van der Waals surface area (Å²) in [5.41, 5.74) is 1.57. The fourth-order valence-electron chi connectivity index (χ4n) is 2.31. The summed E-state index contributed by atoms with van der Waals surface area (Å²) in [6, 6.07) is 5.27. The Morgan fingerprint density at radius 2 is 2.27 bits per heavy atom. The lowest BCUT2D eigenvalue weighted by Crippen LogP contribution is -2.31. The number of fused-ring (bicyclic) bond motifs is 1. The van der Waals surface area contributed by atoms with Crippen LogP contribution in [0, 0.1) is 0 Å². The van der Waals surface area contributed by atoms with Crippen molar-refractivity contribution in [2.45, 2.75) is 18.6 Å². The van der Waals surface area contributed by atoms with Gasteiger partial charge in [-0.05, 0) is 34.1 Å². The molecule has 0 spiro atoms. The fourth-order valence-corrected chi connectivity index (χ4v) is 2.71. The van der Waals surface area contributed by atoms with Crippen molar-refractivity contribution >= 4 is 45.3 Å². The van der Waals surface area contributed by atoms with Crippen molar-refractivity contribution in [3.05, 3.63) is 28.9 Å². The number of nitrogens with one attached hydrogen (secondary N) is 1. The molecule has 0 aromatic carbocycles. The molecule has 2 aromatic rings. The van der Waals surface area contributed by atoms with Crippen LogP contribution in [0.5, 0.6) is 5.88 Å². The maximum absolute atomic E-state index is 11.5. The molecule has 1 aliphatic rings. The Hall–Kier alpha value is -1.44. The second-order valence-corrected chi connectivity index (χ2v) is 5.63. The van der Waals surface area contributed by atoms with E-state index in [2.05, 4.69) is 31.2 Å². The third-order valence-electron chi connectivity index (χ3n) is 3.36. The molecule has 22 heavy (non-hydrogen) atoms. The maximum atomic E-state index is 11.5. The third kappa shape index (κ3) is 3.48. The van der Waals surface area contributed by atoms with E-state index in [1.54, 1.807) is 6.20 Å². The molecule has 1 saturated heterocycles. The van der Waals surface area contributed by atoms with Crippen LogP contribution in [0.4, 0.5) is 0 Å². The highest BCUT2D eigenvalue weighted by molar-refractivity contribution is 9.10. The Labute approximate surface area is 142 Å². The molecule has 1 fully saturated rings. The Kier molecular flexibility index (Phi) is 5.55. The lowest BCUT2D eigenvalue weighted by molar-refractivity contribution is -0.142. The van der Waals surface area contributed by atoms with Gasteiger partial charge in [0.05, 0.1) is 22.6 Å². The van der Waals surface area contributed by atoms with Crippen LogP contribution in [-0.2, 0) is 9.53 Å². The van der Waals surface area contributed by atoms with Gasteiger partial charge in [-0.25, -0.2) is 4.98 Å². The van der Waals surface area contributed by atoms with Crippen molar-refractivity contribution in [1.29, 1.82) is 0 Å². The standard InChI is InChI=1S/C14H14BrN3O3.ClH/c1-20-14(19)12-5-8(7-17-12)21-13-9(15)6-11-10(18-13)3-2-4-16-11;/h2-4,6,8,12,17H,5,7H2,1H3;1H/t8-,12+;/m1./s1. The molecule has 2 aromatic heterocycles. The Morgan fingerprint density at radius 3 is 3.05 bits per heavy atom. The zero-order chi connectivity index (χ0) is 14.8. The van der Waals surface area contributed by atoms with E-state index in [4.69, 9.17) is 9.47 Å². The van der Waals surface area contributed by atoms with Gasteiger partial charge in [0.2, 0.25) is 5.88 Å². The normalized spacial score (nSPS) is 20.5. The number of carbonyl (C=O) groups is 1. The van der Waals surface area contributed by atoms with Crippen molar-refractivity contribution in [1.82, 2.24) is 15.3 Å². The lowest BCUT2D eigenvalue weighted by Gasteiger charge is -2.13. The Balaban J connectivity index is 0.00000176. The summed E-state index contributed by atoms with van der Waals surface area (Å²) in [7, 11) is 1.38. The van der Waals surface area contributed by atoms with E-state index in [-0.39, 0.29) is 30.5 Å². The molecule has 0 radical (unpaired) electrons. The zero-order valence-corrected chi connectivity index (χ0v) is 14.2. The van der Waals surface area contributed by atoms with Gasteiger partial charge in [-0.1, -0.05) is 0 Å². The maximum Gasteiger partial charge on any atom is 0.323 e. The largest absolute Gasteiger partial charge is 0.472 e. The van der Waals surface area contributed by atoms with E-state index in [9.17, 15) is 4.79 Å². The molecule has 3 rings (SSSR count). The number of esters is 1. The number of carbonyl (C=O) groups excluding carboxylic acids is 1. The third-order valence-corrected chi connectivity index (χ3v) is 3.93. The second kappa shape index (κ2) is 7.21. The molecule has 3 heterocycles. The van der Waals surface area contributed by atoms with Gasteiger partial charge in [0.1, 0.15) is 12.1 Å². The van der Waals surface area contributed by atoms with Crippen molar-refractivity contribution in [2.24, 2.45) is 0 Å². The Bertz CT molecular complexity index is 685. The highest BCUT2D eigenvalue weighted by Gasteiger charge is 2.32. The molecule has 1 aliphatic heterocycles. The minimum absolute atomic E-state index is 0. The molecule has 6 nitrogen and oxygen atoms in total. The van der Waals surface area contributed by atoms with Gasteiger partial charge in [-0.3, -0.25) is 9.78 Å². The lowest BCUT2D eigenvalue weighted by atomic mass is 10.2. The van der Waals surface area contributed by atoms with E-state index in [0.717, 1.165) is 15.5 Å². The minimum atomic E-state index is -0.319. The molecular weight excluding hydrogens is 374 g/mol. The highest BCUT2D eigenvalue weighted by Crippen LogP contribution is 2.28. The van der Waals surface area contributed by atoms with Gasteiger partial charge in [0, 0.05) is 19.2 Å². The minimum Gasteiger partial charge on any atom is -0.472 e. The molecule has 8 heteroatoms. The SMILES string of the molecule is COC(=O)[C@@H]1C[C@@H](Oc2nc3cccnc3cc2Br)CN1.Cl. The molecule has 2 atom stereocenters. The van der Waals surface area contributed by atoms with Crippen LogP contribution in [0.2, 0.25) is 0 Å². The van der Waals surface area contributed by atoms with E-state index < -0.39 is 0 Å². The van der Waals surface area contributed by atoms with Gasteiger partial charge in [-0.15, -0.1) is 12.4 Å². The van der Waals surface area contributed by atoms with Crippen molar-refractivity contribution < 1.29 is 14.3 Å². The van der Waals surface area contributed by atoms with Gasteiger partial charge >= 0.3 is 5.97 Å². The van der Waals surface area contributed by atoms with Crippen molar-refractivity contribution in [2.75, 3.05) is 13.7 Å². The number of ether oxygens (including phenoxy) is 2. The first-order valence-corrected chi connectivity index (χ1v) is 7.36. The molecular formula is C14H15BrClN3O3. The summed E-state index contributed by atoms with van der Waals surface area (Å²) < 4.78 is 11.4. The summed E-state index contributed by atoms with van der Waals surface area (Å²) in [5.74, 6) is 0.239. The summed E-state index contributed by atoms with van der Waals surface area (Å²) in [6.45, 7) is 0.582. The average Bonchev–Trinajstić information content (AvgIpc) is 2.96. The van der Waals surface area contributed by atoms with E-state index in [1.807, 2.05) is 18.2 Å². The summed E-state index contributed by atoms with van der Waals surface area (Å²) in [5, 5.41) is 3.08. The number of pyridine rings is 2. The van der Waals surface area contributed by atoms with Crippen LogP contribution in [0.15, 0.2) is 28.9 Å². The van der Waals surface area contributed by atoms with E-state index >= 15 is 0 Å². The van der Waals surface area contributed by atoms with Crippen molar-refractivity contribution in [3.8, 4) is 5.88 Å². The average molecular weight is 389 g/mol. The number of rotatable bonds is 3. The van der Waals surface area contributed by atoms with Gasteiger partial charge in [0.25, 0.3) is 0 Å². The van der Waals surface area contributed by atoms with Crippen LogP contribution < -0.4 is 10.1 Å². The molecule has 0 amide bonds.